The van der Waals surface area contributed by atoms with E-state index in [-0.39, 0.29) is 24.2 Å². The Labute approximate surface area is 201 Å². The number of benzene rings is 2. The zero-order chi connectivity index (χ0) is 21.8. The second-order valence-corrected chi connectivity index (χ2v) is 9.04. The predicted molar refractivity (Wildman–Crippen MR) is 129 cm³/mol. The van der Waals surface area contributed by atoms with Crippen LogP contribution in [0, 0.1) is 0 Å². The van der Waals surface area contributed by atoms with E-state index in [0.717, 1.165) is 60.9 Å². The summed E-state index contributed by atoms with van der Waals surface area (Å²) in [6, 6.07) is 12.2. The Balaban J connectivity index is 0.00000289. The number of aliphatic carboxylic acids is 1. The second-order valence-electron chi connectivity index (χ2n) is 8.63. The van der Waals surface area contributed by atoms with E-state index < -0.39 is 5.97 Å². The second kappa shape index (κ2) is 10.8. The van der Waals surface area contributed by atoms with Crippen molar-refractivity contribution in [3.8, 4) is 11.5 Å². The smallest absolute Gasteiger partial charge is 0.304 e. The minimum absolute atomic E-state index is 0. The Bertz CT molecular complexity index is 942. The van der Waals surface area contributed by atoms with Gasteiger partial charge in [-0.25, -0.2) is 0 Å². The maximum atomic E-state index is 10.8. The molecule has 0 atom stereocenters. The number of carbonyl (C=O) groups is 1. The highest BCUT2D eigenvalue weighted by Crippen LogP contribution is 2.46. The van der Waals surface area contributed by atoms with Gasteiger partial charge >= 0.3 is 5.97 Å². The molecule has 7 heteroatoms. The molecule has 2 heterocycles. The lowest BCUT2D eigenvalue weighted by Gasteiger charge is -2.38. The number of aryl methyl sites for hydroxylation is 1. The van der Waals surface area contributed by atoms with Crippen LogP contribution in [-0.4, -0.2) is 42.2 Å². The first-order valence-corrected chi connectivity index (χ1v) is 11.5. The summed E-state index contributed by atoms with van der Waals surface area (Å²) in [5.41, 5.74) is 3.57. The van der Waals surface area contributed by atoms with Crippen molar-refractivity contribution in [1.82, 2.24) is 4.90 Å². The minimum Gasteiger partial charge on any atom is -0.492 e. The summed E-state index contributed by atoms with van der Waals surface area (Å²) < 4.78 is 12.2. The molecule has 32 heavy (non-hydrogen) atoms. The number of hydrogen-bond donors (Lipinski definition) is 1. The van der Waals surface area contributed by atoms with Crippen molar-refractivity contribution in [1.29, 1.82) is 0 Å². The molecule has 5 nitrogen and oxygen atoms in total. The lowest BCUT2D eigenvalue weighted by Crippen LogP contribution is -2.44. The number of carboxylic acids is 1. The average Bonchev–Trinajstić information content (AvgIpc) is 3.10. The zero-order valence-corrected chi connectivity index (χ0v) is 20.0. The highest BCUT2D eigenvalue weighted by molar-refractivity contribution is 6.31. The lowest BCUT2D eigenvalue weighted by molar-refractivity contribution is -0.137. The van der Waals surface area contributed by atoms with Gasteiger partial charge in [-0.1, -0.05) is 43.1 Å². The van der Waals surface area contributed by atoms with Gasteiger partial charge in [0.15, 0.2) is 0 Å². The van der Waals surface area contributed by atoms with E-state index in [9.17, 15) is 4.79 Å². The largest absolute Gasteiger partial charge is 0.492 e. The molecule has 0 bridgehead atoms. The van der Waals surface area contributed by atoms with Gasteiger partial charge in [-0.15, -0.1) is 12.4 Å². The van der Waals surface area contributed by atoms with Crippen molar-refractivity contribution in [2.45, 2.75) is 51.0 Å². The Morgan fingerprint density at radius 3 is 2.75 bits per heavy atom. The van der Waals surface area contributed by atoms with E-state index >= 15 is 0 Å². The molecule has 1 N–H and O–H groups in total. The third-order valence-corrected chi connectivity index (χ3v) is 6.96. The number of nitrogens with zero attached hydrogens (tertiary/aromatic N) is 1. The molecule has 2 aromatic carbocycles. The molecule has 174 valence electrons. The summed E-state index contributed by atoms with van der Waals surface area (Å²) in [5.74, 6) is 0.961. The molecular formula is C25H31Cl2NO4. The fourth-order valence-corrected chi connectivity index (χ4v) is 4.99. The minimum atomic E-state index is -0.735. The van der Waals surface area contributed by atoms with Crippen LogP contribution in [0.1, 0.15) is 49.3 Å². The first kappa shape index (κ1) is 24.7. The van der Waals surface area contributed by atoms with Crippen LogP contribution in [0.3, 0.4) is 0 Å². The number of fused-ring (bicyclic) bond motifs is 2. The Hall–Kier alpha value is -1.95. The zero-order valence-electron chi connectivity index (χ0n) is 18.4. The molecule has 2 aliphatic heterocycles. The maximum Gasteiger partial charge on any atom is 0.304 e. The first-order valence-electron chi connectivity index (χ1n) is 11.1. The van der Waals surface area contributed by atoms with E-state index in [2.05, 4.69) is 24.0 Å². The van der Waals surface area contributed by atoms with Gasteiger partial charge in [-0.05, 0) is 50.0 Å². The fourth-order valence-electron chi connectivity index (χ4n) is 4.74. The van der Waals surface area contributed by atoms with Gasteiger partial charge in [0.05, 0.1) is 13.0 Å². The quantitative estimate of drug-likeness (QED) is 0.541. The van der Waals surface area contributed by atoms with Crippen LogP contribution in [0.15, 0.2) is 36.4 Å². The number of ether oxygens (including phenoxy) is 2. The molecule has 4 rings (SSSR count). The number of likely N-dealkylation sites (tertiary alicyclic amines) is 1. The third kappa shape index (κ3) is 5.33. The molecule has 0 radical (unpaired) electrons. The van der Waals surface area contributed by atoms with Crippen LogP contribution < -0.4 is 9.47 Å². The van der Waals surface area contributed by atoms with Crippen LogP contribution in [0.25, 0.3) is 0 Å². The molecule has 2 aromatic rings. The Morgan fingerprint density at radius 1 is 1.25 bits per heavy atom. The summed E-state index contributed by atoms with van der Waals surface area (Å²) in [7, 11) is 0. The van der Waals surface area contributed by atoms with Crippen molar-refractivity contribution in [3.05, 3.63) is 58.1 Å². The molecular weight excluding hydrogens is 449 g/mol. The molecule has 0 aliphatic carbocycles. The van der Waals surface area contributed by atoms with E-state index in [4.69, 9.17) is 26.2 Å². The van der Waals surface area contributed by atoms with Gasteiger partial charge in [0, 0.05) is 34.2 Å². The van der Waals surface area contributed by atoms with Gasteiger partial charge in [0.25, 0.3) is 0 Å². The number of halogens is 2. The van der Waals surface area contributed by atoms with E-state index in [1.165, 1.54) is 11.1 Å². The van der Waals surface area contributed by atoms with Crippen molar-refractivity contribution >= 4 is 30.0 Å². The molecule has 0 amide bonds. The highest BCUT2D eigenvalue weighted by atomic mass is 35.5. The third-order valence-electron chi connectivity index (χ3n) is 6.60. The van der Waals surface area contributed by atoms with Gasteiger partial charge in [0.1, 0.15) is 18.1 Å². The molecule has 1 fully saturated rings. The van der Waals surface area contributed by atoms with Gasteiger partial charge in [0.2, 0.25) is 0 Å². The molecule has 1 saturated heterocycles. The monoisotopic (exact) mass is 479 g/mol. The van der Waals surface area contributed by atoms with Crippen LogP contribution in [0.5, 0.6) is 11.5 Å². The number of piperidine rings is 1. The SMILES string of the molecule is CCCc1cccc(Cl)c1COc1ccc2c(c1)OCC21CCN(CCC(=O)O)CC1.Cl. The van der Waals surface area contributed by atoms with Gasteiger partial charge < -0.3 is 19.5 Å². The van der Waals surface area contributed by atoms with Crippen LogP contribution in [0.2, 0.25) is 5.02 Å². The molecule has 0 aromatic heterocycles. The topological polar surface area (TPSA) is 59.0 Å². The maximum absolute atomic E-state index is 10.8. The standard InChI is InChI=1S/C25H30ClNO4.ClH/c1-2-4-18-5-3-6-22(26)20(18)16-30-19-7-8-21-23(15-19)31-17-25(21)10-13-27(14-11-25)12-9-24(28)29;/h3,5-8,15H,2,4,9-14,16-17H2,1H3,(H,28,29);1H. The van der Waals surface area contributed by atoms with E-state index in [0.29, 0.717) is 19.8 Å². The lowest BCUT2D eigenvalue weighted by atomic mass is 9.74. The van der Waals surface area contributed by atoms with Crippen LogP contribution in [-0.2, 0) is 23.2 Å². The summed E-state index contributed by atoms with van der Waals surface area (Å²) >= 11 is 6.43. The highest BCUT2D eigenvalue weighted by Gasteiger charge is 2.43. The molecule has 2 aliphatic rings. The van der Waals surface area contributed by atoms with Crippen LogP contribution in [0.4, 0.5) is 0 Å². The molecule has 0 saturated carbocycles. The van der Waals surface area contributed by atoms with Crippen molar-refractivity contribution < 1.29 is 19.4 Å². The summed E-state index contributed by atoms with van der Waals surface area (Å²) in [4.78, 5) is 13.1. The Kier molecular flexibility index (Phi) is 8.32. The summed E-state index contributed by atoms with van der Waals surface area (Å²) in [5, 5.41) is 9.66. The fraction of sp³-hybridized carbons (Fsp3) is 0.480. The van der Waals surface area contributed by atoms with E-state index in [1.807, 2.05) is 24.3 Å². The first-order chi connectivity index (χ1) is 15.0. The number of carboxylic acid groups (broad SMARTS) is 1. The van der Waals surface area contributed by atoms with Gasteiger partial charge in [-0.2, -0.15) is 0 Å². The van der Waals surface area contributed by atoms with Crippen molar-refractivity contribution in [2.24, 2.45) is 0 Å². The molecule has 0 unspecified atom stereocenters. The van der Waals surface area contributed by atoms with Gasteiger partial charge in [-0.3, -0.25) is 4.79 Å². The summed E-state index contributed by atoms with van der Waals surface area (Å²) in [6.07, 6.45) is 4.22. The number of rotatable bonds is 8. The van der Waals surface area contributed by atoms with Crippen molar-refractivity contribution in [3.63, 3.8) is 0 Å². The van der Waals surface area contributed by atoms with Crippen molar-refractivity contribution in [2.75, 3.05) is 26.2 Å². The number of hydrogen-bond acceptors (Lipinski definition) is 4. The van der Waals surface area contributed by atoms with E-state index in [1.54, 1.807) is 0 Å². The molecule has 1 spiro atoms. The normalized spacial score (nSPS) is 16.8. The predicted octanol–water partition coefficient (Wildman–Crippen LogP) is 5.49. The Morgan fingerprint density at radius 2 is 2.03 bits per heavy atom. The summed E-state index contributed by atoms with van der Waals surface area (Å²) in [6.45, 7) is 5.72. The van der Waals surface area contributed by atoms with Crippen LogP contribution >= 0.6 is 24.0 Å². The average molecular weight is 480 g/mol.